The summed E-state index contributed by atoms with van der Waals surface area (Å²) in [5, 5.41) is 18.7. The van der Waals surface area contributed by atoms with Crippen LogP contribution in [0, 0.1) is 11.5 Å². The van der Waals surface area contributed by atoms with E-state index < -0.39 is 0 Å². The number of hydrogen-bond acceptors (Lipinski definition) is 6. The standard InChI is InChI=1S/C21H28N6O3/c1-4-23-21(25-15-22)24-12-6-5-7-13-27-20(28)11-9-17(26-27)16-8-10-18(29-2)19(14-16)30-3/h8-11,14H,4-7,12-13H2,1-3H3,(H2,23,24,25). The number of benzene rings is 1. The average molecular weight is 412 g/mol. The van der Waals surface area contributed by atoms with E-state index in [1.165, 1.54) is 10.7 Å². The van der Waals surface area contributed by atoms with E-state index in [0.717, 1.165) is 24.8 Å². The number of ether oxygens (including phenoxy) is 2. The fraction of sp³-hybridized carbons (Fsp3) is 0.429. The van der Waals surface area contributed by atoms with E-state index in [-0.39, 0.29) is 5.56 Å². The molecule has 0 bridgehead atoms. The molecule has 0 aliphatic carbocycles. The second-order valence-electron chi connectivity index (χ2n) is 6.41. The first-order valence-electron chi connectivity index (χ1n) is 9.87. The van der Waals surface area contributed by atoms with Crippen molar-refractivity contribution in [3.05, 3.63) is 40.7 Å². The van der Waals surface area contributed by atoms with Gasteiger partial charge in [-0.2, -0.15) is 10.4 Å². The van der Waals surface area contributed by atoms with Gasteiger partial charge in [0, 0.05) is 31.3 Å². The maximum Gasteiger partial charge on any atom is 0.266 e. The molecule has 160 valence electrons. The fourth-order valence-electron chi connectivity index (χ4n) is 2.86. The normalized spacial score (nSPS) is 10.9. The molecule has 1 aromatic heterocycles. The summed E-state index contributed by atoms with van der Waals surface area (Å²) >= 11 is 0. The highest BCUT2D eigenvalue weighted by Gasteiger charge is 2.09. The van der Waals surface area contributed by atoms with Crippen LogP contribution in [0.4, 0.5) is 0 Å². The van der Waals surface area contributed by atoms with Gasteiger partial charge in [-0.1, -0.05) is 0 Å². The third-order valence-electron chi connectivity index (χ3n) is 4.36. The zero-order valence-corrected chi connectivity index (χ0v) is 17.6. The van der Waals surface area contributed by atoms with Crippen LogP contribution in [-0.4, -0.2) is 43.0 Å². The summed E-state index contributed by atoms with van der Waals surface area (Å²) in [6.45, 7) is 3.76. The first kappa shape index (κ1) is 22.7. The summed E-state index contributed by atoms with van der Waals surface area (Å²) in [7, 11) is 3.17. The Morgan fingerprint density at radius 1 is 1.17 bits per heavy atom. The molecule has 0 spiro atoms. The van der Waals surface area contributed by atoms with Crippen molar-refractivity contribution in [2.75, 3.05) is 27.3 Å². The Kier molecular flexibility index (Phi) is 9.18. The van der Waals surface area contributed by atoms with Gasteiger partial charge in [-0.3, -0.25) is 15.1 Å². The average Bonchev–Trinajstić information content (AvgIpc) is 2.77. The van der Waals surface area contributed by atoms with Crippen LogP contribution in [0.2, 0.25) is 0 Å². The largest absolute Gasteiger partial charge is 0.493 e. The lowest BCUT2D eigenvalue weighted by Crippen LogP contribution is -2.34. The van der Waals surface area contributed by atoms with Crippen molar-refractivity contribution in [2.45, 2.75) is 32.7 Å². The molecule has 2 aromatic rings. The molecule has 0 saturated heterocycles. The molecule has 0 radical (unpaired) electrons. The zero-order valence-electron chi connectivity index (χ0n) is 17.6. The summed E-state index contributed by atoms with van der Waals surface area (Å²) in [4.78, 5) is 16.5. The van der Waals surface area contributed by atoms with Gasteiger partial charge in [0.05, 0.1) is 19.9 Å². The molecule has 2 N–H and O–H groups in total. The van der Waals surface area contributed by atoms with E-state index in [9.17, 15) is 4.79 Å². The number of aromatic nitrogens is 2. The fourth-order valence-corrected chi connectivity index (χ4v) is 2.86. The number of methoxy groups -OCH3 is 2. The Morgan fingerprint density at radius 3 is 2.67 bits per heavy atom. The van der Waals surface area contributed by atoms with Gasteiger partial charge in [-0.15, -0.1) is 0 Å². The Hall–Kier alpha value is -3.54. The maximum absolute atomic E-state index is 12.2. The summed E-state index contributed by atoms with van der Waals surface area (Å²) in [6, 6.07) is 8.77. The summed E-state index contributed by atoms with van der Waals surface area (Å²) in [5.74, 6) is 1.73. The molecule has 0 atom stereocenters. The smallest absolute Gasteiger partial charge is 0.266 e. The van der Waals surface area contributed by atoms with Crippen molar-refractivity contribution < 1.29 is 9.47 Å². The van der Waals surface area contributed by atoms with Crippen LogP contribution in [0.1, 0.15) is 26.2 Å². The first-order valence-corrected chi connectivity index (χ1v) is 9.87. The van der Waals surface area contributed by atoms with E-state index in [1.807, 2.05) is 31.3 Å². The molecule has 1 heterocycles. The van der Waals surface area contributed by atoms with Crippen LogP contribution >= 0.6 is 0 Å². The zero-order chi connectivity index (χ0) is 21.8. The lowest BCUT2D eigenvalue weighted by molar-refractivity contribution is 0.355. The molecular formula is C21H28N6O3. The quantitative estimate of drug-likeness (QED) is 0.202. The first-order chi connectivity index (χ1) is 14.6. The number of aryl methyl sites for hydroxylation is 1. The van der Waals surface area contributed by atoms with Gasteiger partial charge < -0.3 is 14.8 Å². The summed E-state index contributed by atoms with van der Waals surface area (Å²) in [6.07, 6.45) is 4.41. The van der Waals surface area contributed by atoms with Gasteiger partial charge in [0.25, 0.3) is 5.56 Å². The number of unbranched alkanes of at least 4 members (excludes halogenated alkanes) is 2. The minimum absolute atomic E-state index is 0.134. The molecule has 0 fully saturated rings. The van der Waals surface area contributed by atoms with Crippen molar-refractivity contribution >= 4 is 5.96 Å². The maximum atomic E-state index is 12.2. The van der Waals surface area contributed by atoms with E-state index in [1.54, 1.807) is 20.3 Å². The number of guanidine groups is 1. The van der Waals surface area contributed by atoms with Gasteiger partial charge in [-0.05, 0) is 50.5 Å². The van der Waals surface area contributed by atoms with Crippen LogP contribution in [0.15, 0.2) is 40.1 Å². The Labute approximate surface area is 176 Å². The topological polar surface area (TPSA) is 114 Å². The number of nitrogens with zero attached hydrogens (tertiary/aromatic N) is 4. The Bertz CT molecular complexity index is 948. The minimum atomic E-state index is -0.134. The van der Waals surface area contributed by atoms with Crippen LogP contribution < -0.4 is 25.7 Å². The number of nitrogens with one attached hydrogen (secondary N) is 2. The molecule has 0 unspecified atom stereocenters. The van der Waals surface area contributed by atoms with E-state index in [4.69, 9.17) is 14.7 Å². The van der Waals surface area contributed by atoms with Crippen molar-refractivity contribution in [3.8, 4) is 28.9 Å². The van der Waals surface area contributed by atoms with Gasteiger partial charge in [-0.25, -0.2) is 4.68 Å². The highest BCUT2D eigenvalue weighted by atomic mass is 16.5. The number of aliphatic imine (C=N–C) groups is 1. The van der Waals surface area contributed by atoms with Crippen LogP contribution in [0.5, 0.6) is 11.5 Å². The molecular weight excluding hydrogens is 384 g/mol. The van der Waals surface area contributed by atoms with E-state index >= 15 is 0 Å². The summed E-state index contributed by atoms with van der Waals surface area (Å²) in [5.41, 5.74) is 1.40. The van der Waals surface area contributed by atoms with Crippen molar-refractivity contribution in [3.63, 3.8) is 0 Å². The molecule has 0 saturated carbocycles. The second-order valence-corrected chi connectivity index (χ2v) is 6.41. The molecule has 1 aromatic carbocycles. The van der Waals surface area contributed by atoms with Gasteiger partial charge >= 0.3 is 0 Å². The van der Waals surface area contributed by atoms with Crippen LogP contribution in [0.25, 0.3) is 11.3 Å². The molecule has 9 nitrogen and oxygen atoms in total. The van der Waals surface area contributed by atoms with Crippen molar-refractivity contribution in [1.29, 1.82) is 5.26 Å². The monoisotopic (exact) mass is 412 g/mol. The third kappa shape index (κ3) is 6.51. The predicted molar refractivity (Wildman–Crippen MR) is 116 cm³/mol. The SMILES string of the molecule is CCNC(=NCCCCCn1nc(-c2ccc(OC)c(OC)c2)ccc1=O)NC#N. The number of nitriles is 1. The summed E-state index contributed by atoms with van der Waals surface area (Å²) < 4.78 is 12.1. The van der Waals surface area contributed by atoms with Gasteiger partial charge in [0.15, 0.2) is 17.7 Å². The highest BCUT2D eigenvalue weighted by molar-refractivity contribution is 5.81. The van der Waals surface area contributed by atoms with Crippen LogP contribution in [0.3, 0.4) is 0 Å². The highest BCUT2D eigenvalue weighted by Crippen LogP contribution is 2.31. The molecule has 2 rings (SSSR count). The molecule has 0 aliphatic rings. The van der Waals surface area contributed by atoms with Crippen LogP contribution in [-0.2, 0) is 6.54 Å². The molecule has 9 heteroatoms. The van der Waals surface area contributed by atoms with Crippen molar-refractivity contribution in [2.24, 2.45) is 4.99 Å². The third-order valence-corrected chi connectivity index (χ3v) is 4.36. The number of rotatable bonds is 10. The second kappa shape index (κ2) is 12.1. The van der Waals surface area contributed by atoms with E-state index in [2.05, 4.69) is 20.7 Å². The van der Waals surface area contributed by atoms with E-state index in [0.29, 0.717) is 42.8 Å². The Balaban J connectivity index is 1.96. The lowest BCUT2D eigenvalue weighted by Gasteiger charge is -2.10. The molecule has 0 amide bonds. The van der Waals surface area contributed by atoms with Gasteiger partial charge in [0.1, 0.15) is 0 Å². The molecule has 0 aliphatic heterocycles. The lowest BCUT2D eigenvalue weighted by atomic mass is 10.1. The minimum Gasteiger partial charge on any atom is -0.493 e. The molecule has 30 heavy (non-hydrogen) atoms. The Morgan fingerprint density at radius 2 is 1.97 bits per heavy atom. The van der Waals surface area contributed by atoms with Gasteiger partial charge in [0.2, 0.25) is 5.96 Å². The van der Waals surface area contributed by atoms with Crippen molar-refractivity contribution in [1.82, 2.24) is 20.4 Å². The predicted octanol–water partition coefficient (Wildman–Crippen LogP) is 2.13. The number of hydrogen-bond donors (Lipinski definition) is 2.